The molecule has 0 unspecified atom stereocenters. The fraction of sp³-hybridized carbons (Fsp3) is 0.368. The van der Waals surface area contributed by atoms with Crippen LogP contribution in [0.3, 0.4) is 0 Å². The number of thioether (sulfide) groups is 1. The summed E-state index contributed by atoms with van der Waals surface area (Å²) < 4.78 is 7.40. The van der Waals surface area contributed by atoms with Crippen molar-refractivity contribution >= 4 is 28.6 Å². The fourth-order valence-electron chi connectivity index (χ4n) is 2.95. The van der Waals surface area contributed by atoms with E-state index in [1.54, 1.807) is 0 Å². The summed E-state index contributed by atoms with van der Waals surface area (Å²) in [5, 5.41) is 10.1. The summed E-state index contributed by atoms with van der Waals surface area (Å²) in [5.41, 5.74) is 8.46. The van der Waals surface area contributed by atoms with E-state index < -0.39 is 0 Å². The first kappa shape index (κ1) is 19.2. The Kier molecular flexibility index (Phi) is 5.65. The number of hydrogen-bond acceptors (Lipinski definition) is 6. The monoisotopic (exact) mass is 386 g/mol. The molecule has 0 aliphatic heterocycles. The first-order valence-electron chi connectivity index (χ1n) is 8.76. The molecule has 27 heavy (non-hydrogen) atoms. The lowest BCUT2D eigenvalue weighted by molar-refractivity contribution is -0.118. The van der Waals surface area contributed by atoms with Gasteiger partial charge in [0.15, 0.2) is 5.16 Å². The number of carbonyl (C=O) groups is 1. The zero-order chi connectivity index (χ0) is 19.6. The van der Waals surface area contributed by atoms with Crippen LogP contribution in [0.2, 0.25) is 0 Å². The van der Waals surface area contributed by atoms with Crippen molar-refractivity contribution in [1.82, 2.24) is 14.8 Å². The molecule has 8 heteroatoms. The van der Waals surface area contributed by atoms with E-state index in [2.05, 4.69) is 10.2 Å². The van der Waals surface area contributed by atoms with Gasteiger partial charge in [-0.2, -0.15) is 0 Å². The lowest BCUT2D eigenvalue weighted by Crippen LogP contribution is -2.13. The first-order chi connectivity index (χ1) is 12.9. The van der Waals surface area contributed by atoms with Gasteiger partial charge in [-0.05, 0) is 37.5 Å². The molecule has 2 N–H and O–H groups in total. The third kappa shape index (κ3) is 4.05. The van der Waals surface area contributed by atoms with E-state index in [0.29, 0.717) is 24.3 Å². The van der Waals surface area contributed by atoms with Gasteiger partial charge in [-0.25, -0.2) is 4.79 Å². The molecule has 0 atom stereocenters. The number of nitrogens with zero attached hydrogens (tertiary/aromatic N) is 3. The maximum absolute atomic E-state index is 12.0. The standard InChI is InChI=1S/C19H22N4O3S/c1-4-23-16(8-7-15(20)24)21-22-19(23)27-10-13-9-17(25)26-18-12(3)11(2)5-6-14(13)18/h5-6,9H,4,7-8,10H2,1-3H3,(H2,20,24). The van der Waals surface area contributed by atoms with Crippen molar-refractivity contribution in [3.8, 4) is 0 Å². The number of hydrogen-bond donors (Lipinski definition) is 1. The van der Waals surface area contributed by atoms with Gasteiger partial charge in [0.05, 0.1) is 0 Å². The number of aryl methyl sites for hydroxylation is 3. The second-order valence-electron chi connectivity index (χ2n) is 6.37. The zero-order valence-corrected chi connectivity index (χ0v) is 16.4. The van der Waals surface area contributed by atoms with Crippen molar-refractivity contribution in [2.45, 2.75) is 51.1 Å². The number of fused-ring (bicyclic) bond motifs is 1. The SMILES string of the molecule is CCn1c(CCC(N)=O)nnc1SCc1cc(=O)oc2c(C)c(C)ccc12. The van der Waals surface area contributed by atoms with Gasteiger partial charge in [-0.3, -0.25) is 4.79 Å². The summed E-state index contributed by atoms with van der Waals surface area (Å²) >= 11 is 1.51. The van der Waals surface area contributed by atoms with E-state index in [1.165, 1.54) is 17.8 Å². The minimum absolute atomic E-state index is 0.242. The molecule has 3 rings (SSSR count). The summed E-state index contributed by atoms with van der Waals surface area (Å²) in [6.07, 6.45) is 0.707. The van der Waals surface area contributed by atoms with E-state index in [1.807, 2.05) is 37.5 Å². The van der Waals surface area contributed by atoms with Crippen LogP contribution in [0.1, 0.15) is 35.9 Å². The maximum Gasteiger partial charge on any atom is 0.336 e. The van der Waals surface area contributed by atoms with Gasteiger partial charge >= 0.3 is 5.63 Å². The molecule has 0 aliphatic carbocycles. The van der Waals surface area contributed by atoms with Crippen molar-refractivity contribution in [2.24, 2.45) is 5.73 Å². The largest absolute Gasteiger partial charge is 0.422 e. The summed E-state index contributed by atoms with van der Waals surface area (Å²) in [5.74, 6) is 0.948. The van der Waals surface area contributed by atoms with Crippen LogP contribution in [-0.2, 0) is 23.5 Å². The van der Waals surface area contributed by atoms with Gasteiger partial charge in [-0.1, -0.05) is 23.9 Å². The van der Waals surface area contributed by atoms with Crippen LogP contribution in [0.15, 0.2) is 32.6 Å². The average Bonchev–Trinajstić information content (AvgIpc) is 3.03. The number of rotatable bonds is 7. The molecule has 2 heterocycles. The van der Waals surface area contributed by atoms with Gasteiger partial charge in [-0.15, -0.1) is 10.2 Å². The van der Waals surface area contributed by atoms with Crippen molar-refractivity contribution in [3.05, 3.63) is 51.1 Å². The average molecular weight is 386 g/mol. The lowest BCUT2D eigenvalue weighted by atomic mass is 10.0. The zero-order valence-electron chi connectivity index (χ0n) is 15.6. The quantitative estimate of drug-likeness (QED) is 0.494. The van der Waals surface area contributed by atoms with Crippen molar-refractivity contribution in [1.29, 1.82) is 0 Å². The highest BCUT2D eigenvalue weighted by molar-refractivity contribution is 7.98. The molecule has 142 valence electrons. The molecule has 0 fully saturated rings. The predicted molar refractivity (Wildman–Crippen MR) is 105 cm³/mol. The van der Waals surface area contributed by atoms with E-state index in [4.69, 9.17) is 10.2 Å². The van der Waals surface area contributed by atoms with E-state index in [0.717, 1.165) is 33.1 Å². The molecule has 0 aliphatic rings. The Balaban J connectivity index is 1.88. The van der Waals surface area contributed by atoms with Gasteiger partial charge in [0.2, 0.25) is 5.91 Å². The van der Waals surface area contributed by atoms with Crippen LogP contribution in [0.4, 0.5) is 0 Å². The molecule has 1 aromatic carbocycles. The Morgan fingerprint density at radius 2 is 2.07 bits per heavy atom. The second kappa shape index (κ2) is 7.96. The van der Waals surface area contributed by atoms with Crippen LogP contribution in [-0.4, -0.2) is 20.7 Å². The van der Waals surface area contributed by atoms with Crippen LogP contribution in [0.5, 0.6) is 0 Å². The van der Waals surface area contributed by atoms with E-state index >= 15 is 0 Å². The third-order valence-corrected chi connectivity index (χ3v) is 5.59. The maximum atomic E-state index is 12.0. The summed E-state index contributed by atoms with van der Waals surface area (Å²) in [4.78, 5) is 23.0. The Morgan fingerprint density at radius 1 is 1.30 bits per heavy atom. The Labute approximate surface area is 161 Å². The summed E-state index contributed by atoms with van der Waals surface area (Å²) in [6.45, 7) is 6.64. The van der Waals surface area contributed by atoms with Crippen LogP contribution < -0.4 is 11.4 Å². The molecule has 0 bridgehead atoms. The Hall–Kier alpha value is -2.61. The van der Waals surface area contributed by atoms with E-state index in [-0.39, 0.29) is 18.0 Å². The Morgan fingerprint density at radius 3 is 2.78 bits per heavy atom. The molecular formula is C19H22N4O3S. The fourth-order valence-corrected chi connectivity index (χ4v) is 3.96. The first-order valence-corrected chi connectivity index (χ1v) is 9.75. The third-order valence-electron chi connectivity index (χ3n) is 4.58. The number of nitrogens with two attached hydrogens (primary N) is 1. The molecule has 0 saturated heterocycles. The minimum atomic E-state index is -0.358. The van der Waals surface area contributed by atoms with Crippen molar-refractivity contribution in [2.75, 3.05) is 0 Å². The molecule has 1 amide bonds. The van der Waals surface area contributed by atoms with Crippen molar-refractivity contribution < 1.29 is 9.21 Å². The molecule has 2 aromatic heterocycles. The topological polar surface area (TPSA) is 104 Å². The smallest absolute Gasteiger partial charge is 0.336 e. The van der Waals surface area contributed by atoms with Gasteiger partial charge in [0.25, 0.3) is 0 Å². The number of aromatic nitrogens is 3. The van der Waals surface area contributed by atoms with E-state index in [9.17, 15) is 9.59 Å². The number of primary amides is 1. The number of amides is 1. The predicted octanol–water partition coefficient (Wildman–Crippen LogP) is 2.73. The summed E-state index contributed by atoms with van der Waals surface area (Å²) in [7, 11) is 0. The molecule has 0 radical (unpaired) electrons. The molecule has 7 nitrogen and oxygen atoms in total. The summed E-state index contributed by atoms with van der Waals surface area (Å²) in [6, 6.07) is 5.55. The van der Waals surface area contributed by atoms with Crippen LogP contribution >= 0.6 is 11.8 Å². The van der Waals surface area contributed by atoms with Crippen LogP contribution in [0, 0.1) is 13.8 Å². The van der Waals surface area contributed by atoms with Crippen LogP contribution in [0.25, 0.3) is 11.0 Å². The normalized spacial score (nSPS) is 11.2. The molecule has 3 aromatic rings. The number of benzene rings is 1. The second-order valence-corrected chi connectivity index (χ2v) is 7.32. The van der Waals surface area contributed by atoms with Crippen molar-refractivity contribution in [3.63, 3.8) is 0 Å². The highest BCUT2D eigenvalue weighted by atomic mass is 32.2. The lowest BCUT2D eigenvalue weighted by Gasteiger charge is -2.09. The molecular weight excluding hydrogens is 364 g/mol. The minimum Gasteiger partial charge on any atom is -0.422 e. The molecule has 0 spiro atoms. The molecule has 0 saturated carbocycles. The van der Waals surface area contributed by atoms with Gasteiger partial charge in [0, 0.05) is 36.6 Å². The number of carbonyl (C=O) groups excluding carboxylic acids is 1. The highest BCUT2D eigenvalue weighted by Gasteiger charge is 2.14. The van der Waals surface area contributed by atoms with Gasteiger partial charge in [0.1, 0.15) is 11.4 Å². The van der Waals surface area contributed by atoms with Gasteiger partial charge < -0.3 is 14.7 Å². The Bertz CT molecular complexity index is 1060. The highest BCUT2D eigenvalue weighted by Crippen LogP contribution is 2.28.